The Labute approximate surface area is 171 Å². The van der Waals surface area contributed by atoms with Gasteiger partial charge in [0, 0.05) is 39.4 Å². The molecule has 3 heterocycles. The molecular weight excluding hydrogens is 348 g/mol. The highest BCUT2D eigenvalue weighted by molar-refractivity contribution is 5.80. The summed E-state index contributed by atoms with van der Waals surface area (Å²) in [6, 6.07) is 0. The maximum absolute atomic E-state index is 4.93. The molecule has 158 valence electrons. The molecule has 1 atom stereocenters. The average molecular weight is 389 g/mol. The van der Waals surface area contributed by atoms with Crippen molar-refractivity contribution < 1.29 is 0 Å². The second-order valence-electron chi connectivity index (χ2n) is 8.53. The predicted molar refractivity (Wildman–Crippen MR) is 117 cm³/mol. The van der Waals surface area contributed by atoms with Crippen LogP contribution in [-0.4, -0.2) is 71.4 Å². The largest absolute Gasteiger partial charge is 0.357 e. The average Bonchev–Trinajstić information content (AvgIpc) is 3.33. The zero-order valence-corrected chi connectivity index (χ0v) is 18.1. The minimum absolute atomic E-state index is 0.706. The monoisotopic (exact) mass is 388 g/mol. The van der Waals surface area contributed by atoms with E-state index in [0.29, 0.717) is 5.92 Å². The molecular formula is C22H40N6. The minimum Gasteiger partial charge on any atom is -0.357 e. The Hall–Kier alpha value is -1.56. The van der Waals surface area contributed by atoms with Crippen molar-refractivity contribution in [2.24, 2.45) is 18.0 Å². The lowest BCUT2D eigenvalue weighted by Gasteiger charge is -2.26. The number of unbranched alkanes of at least 4 members (excludes halogenated alkanes) is 2. The van der Waals surface area contributed by atoms with Crippen molar-refractivity contribution in [1.29, 1.82) is 0 Å². The zero-order valence-electron chi connectivity index (χ0n) is 18.1. The van der Waals surface area contributed by atoms with Gasteiger partial charge in [-0.15, -0.1) is 0 Å². The summed E-state index contributed by atoms with van der Waals surface area (Å²) < 4.78 is 1.90. The smallest absolute Gasteiger partial charge is 0.193 e. The SMILES string of the molecule is CCNC(=NCCCCCN1CCCCC1)N1CCC(Cc2cnn(C)c2)C1. The molecule has 0 bridgehead atoms. The van der Waals surface area contributed by atoms with E-state index in [4.69, 9.17) is 4.99 Å². The van der Waals surface area contributed by atoms with Crippen molar-refractivity contribution >= 4 is 5.96 Å². The van der Waals surface area contributed by atoms with Crippen LogP contribution in [0.15, 0.2) is 17.4 Å². The Bertz CT molecular complexity index is 590. The highest BCUT2D eigenvalue weighted by atomic mass is 15.3. The first-order chi connectivity index (χ1) is 13.7. The van der Waals surface area contributed by atoms with Crippen LogP contribution in [0.4, 0.5) is 0 Å². The van der Waals surface area contributed by atoms with E-state index in [1.807, 2.05) is 17.9 Å². The summed E-state index contributed by atoms with van der Waals surface area (Å²) in [7, 11) is 1.99. The molecule has 1 N–H and O–H groups in total. The molecule has 6 heteroatoms. The number of nitrogens with one attached hydrogen (secondary N) is 1. The van der Waals surface area contributed by atoms with Crippen LogP contribution >= 0.6 is 0 Å². The summed E-state index contributed by atoms with van der Waals surface area (Å²) in [5.74, 6) is 1.82. The number of rotatable bonds is 9. The van der Waals surface area contributed by atoms with Gasteiger partial charge in [0.25, 0.3) is 0 Å². The molecule has 0 aromatic carbocycles. The first-order valence-electron chi connectivity index (χ1n) is 11.5. The second kappa shape index (κ2) is 11.4. The van der Waals surface area contributed by atoms with Gasteiger partial charge in [-0.1, -0.05) is 12.8 Å². The summed E-state index contributed by atoms with van der Waals surface area (Å²) in [6.45, 7) is 10.2. The lowest BCUT2D eigenvalue weighted by Crippen LogP contribution is -2.40. The highest BCUT2D eigenvalue weighted by Crippen LogP contribution is 2.20. The predicted octanol–water partition coefficient (Wildman–Crippen LogP) is 2.91. The number of aryl methyl sites for hydroxylation is 1. The number of aliphatic imine (C=N–C) groups is 1. The molecule has 2 aliphatic heterocycles. The fourth-order valence-corrected chi connectivity index (χ4v) is 4.52. The van der Waals surface area contributed by atoms with Gasteiger partial charge < -0.3 is 15.1 Å². The van der Waals surface area contributed by atoms with Crippen LogP contribution in [0.1, 0.15) is 57.4 Å². The molecule has 0 saturated carbocycles. The van der Waals surface area contributed by atoms with Crippen molar-refractivity contribution in [1.82, 2.24) is 24.9 Å². The number of guanidine groups is 1. The normalized spacial score (nSPS) is 21.4. The van der Waals surface area contributed by atoms with Gasteiger partial charge in [-0.2, -0.15) is 5.10 Å². The number of aromatic nitrogens is 2. The summed E-state index contributed by atoms with van der Waals surface area (Å²) in [5.41, 5.74) is 1.35. The van der Waals surface area contributed by atoms with Crippen LogP contribution in [0.5, 0.6) is 0 Å². The van der Waals surface area contributed by atoms with Gasteiger partial charge in [0.1, 0.15) is 0 Å². The van der Waals surface area contributed by atoms with Gasteiger partial charge in [0.05, 0.1) is 6.20 Å². The number of nitrogens with zero attached hydrogens (tertiary/aromatic N) is 5. The molecule has 0 aliphatic carbocycles. The van der Waals surface area contributed by atoms with Gasteiger partial charge in [0.2, 0.25) is 0 Å². The lowest BCUT2D eigenvalue weighted by atomic mass is 10.0. The lowest BCUT2D eigenvalue weighted by molar-refractivity contribution is 0.224. The van der Waals surface area contributed by atoms with Crippen molar-refractivity contribution in [3.05, 3.63) is 18.0 Å². The van der Waals surface area contributed by atoms with E-state index in [-0.39, 0.29) is 0 Å². The van der Waals surface area contributed by atoms with E-state index >= 15 is 0 Å². The van der Waals surface area contributed by atoms with Gasteiger partial charge in [-0.25, -0.2) is 0 Å². The van der Waals surface area contributed by atoms with Crippen LogP contribution in [0.25, 0.3) is 0 Å². The Kier molecular flexibility index (Phi) is 8.65. The Morgan fingerprint density at radius 2 is 2.04 bits per heavy atom. The molecule has 1 aromatic rings. The Morgan fingerprint density at radius 1 is 1.18 bits per heavy atom. The molecule has 1 aromatic heterocycles. The first kappa shape index (κ1) is 21.2. The first-order valence-corrected chi connectivity index (χ1v) is 11.5. The van der Waals surface area contributed by atoms with E-state index in [1.165, 1.54) is 70.1 Å². The molecule has 0 radical (unpaired) electrons. The van der Waals surface area contributed by atoms with Gasteiger partial charge >= 0.3 is 0 Å². The third kappa shape index (κ3) is 6.80. The van der Waals surface area contributed by atoms with Crippen molar-refractivity contribution in [2.75, 3.05) is 45.8 Å². The van der Waals surface area contributed by atoms with Crippen molar-refractivity contribution in [2.45, 2.75) is 58.3 Å². The minimum atomic E-state index is 0.706. The van der Waals surface area contributed by atoms with E-state index in [9.17, 15) is 0 Å². The fraction of sp³-hybridized carbons (Fsp3) is 0.818. The van der Waals surface area contributed by atoms with Gasteiger partial charge in [-0.3, -0.25) is 9.67 Å². The third-order valence-electron chi connectivity index (χ3n) is 6.05. The van der Waals surface area contributed by atoms with E-state index < -0.39 is 0 Å². The van der Waals surface area contributed by atoms with Crippen molar-refractivity contribution in [3.8, 4) is 0 Å². The quantitative estimate of drug-likeness (QED) is 0.401. The van der Waals surface area contributed by atoms with Crippen LogP contribution in [0, 0.1) is 5.92 Å². The molecule has 1 unspecified atom stereocenters. The van der Waals surface area contributed by atoms with Crippen LogP contribution in [0.3, 0.4) is 0 Å². The molecule has 2 saturated heterocycles. The zero-order chi connectivity index (χ0) is 19.6. The van der Waals surface area contributed by atoms with E-state index in [1.54, 1.807) is 0 Å². The number of likely N-dealkylation sites (tertiary alicyclic amines) is 2. The number of hydrogen-bond donors (Lipinski definition) is 1. The summed E-state index contributed by atoms with van der Waals surface area (Å²) in [5, 5.41) is 7.81. The highest BCUT2D eigenvalue weighted by Gasteiger charge is 2.25. The molecule has 3 rings (SSSR count). The van der Waals surface area contributed by atoms with Gasteiger partial charge in [0.15, 0.2) is 5.96 Å². The maximum Gasteiger partial charge on any atom is 0.193 e. The summed E-state index contributed by atoms with van der Waals surface area (Å²) >= 11 is 0. The number of hydrogen-bond acceptors (Lipinski definition) is 3. The summed E-state index contributed by atoms with van der Waals surface area (Å²) in [4.78, 5) is 10.0. The third-order valence-corrected chi connectivity index (χ3v) is 6.05. The second-order valence-corrected chi connectivity index (χ2v) is 8.53. The Morgan fingerprint density at radius 3 is 2.79 bits per heavy atom. The van der Waals surface area contributed by atoms with Crippen LogP contribution in [-0.2, 0) is 13.5 Å². The van der Waals surface area contributed by atoms with Crippen LogP contribution in [0.2, 0.25) is 0 Å². The fourth-order valence-electron chi connectivity index (χ4n) is 4.52. The molecule has 2 fully saturated rings. The summed E-state index contributed by atoms with van der Waals surface area (Å²) in [6.07, 6.45) is 14.6. The van der Waals surface area contributed by atoms with Gasteiger partial charge in [-0.05, 0) is 76.6 Å². The topological polar surface area (TPSA) is 48.7 Å². The van der Waals surface area contributed by atoms with Crippen molar-refractivity contribution in [3.63, 3.8) is 0 Å². The maximum atomic E-state index is 4.93. The molecule has 2 aliphatic rings. The number of piperidine rings is 1. The molecule has 6 nitrogen and oxygen atoms in total. The van der Waals surface area contributed by atoms with Crippen LogP contribution < -0.4 is 5.32 Å². The molecule has 0 spiro atoms. The molecule has 28 heavy (non-hydrogen) atoms. The van der Waals surface area contributed by atoms with E-state index in [0.717, 1.165) is 38.6 Å². The Balaban J connectivity index is 1.36. The van der Waals surface area contributed by atoms with E-state index in [2.05, 4.69) is 33.3 Å². The standard InChI is InChI=1S/C22H40N6/c1-3-23-22(24-11-6-4-7-12-27-13-8-5-9-14-27)28-15-10-20(19-28)16-21-17-25-26(2)18-21/h17-18,20H,3-16,19H2,1-2H3,(H,23,24). The molecule has 0 amide bonds.